The largest absolute Gasteiger partial charge is 0.456 e. The Balaban J connectivity index is 1.97. The molecule has 0 bridgehead atoms. The predicted octanol–water partition coefficient (Wildman–Crippen LogP) is 5.42. The maximum absolute atomic E-state index is 13.2. The molecule has 1 aromatic rings. The van der Waals surface area contributed by atoms with Crippen LogP contribution in [0.5, 0.6) is 0 Å². The van der Waals surface area contributed by atoms with Crippen molar-refractivity contribution >= 4 is 17.7 Å². The zero-order valence-corrected chi connectivity index (χ0v) is 22.1. The third-order valence-corrected chi connectivity index (χ3v) is 6.09. The lowest BCUT2D eigenvalue weighted by molar-refractivity contribution is -0.136. The molecule has 2 heterocycles. The molecule has 1 amide bonds. The topological polar surface area (TPSA) is 62.7 Å². The minimum atomic E-state index is -0.544. The van der Waals surface area contributed by atoms with Gasteiger partial charge in [-0.25, -0.2) is 9.78 Å². The molecular weight excluding hydrogens is 414 g/mol. The molecule has 1 saturated heterocycles. The van der Waals surface area contributed by atoms with E-state index >= 15 is 0 Å². The van der Waals surface area contributed by atoms with Gasteiger partial charge in [-0.1, -0.05) is 27.7 Å². The molecule has 186 valence electrons. The van der Waals surface area contributed by atoms with E-state index < -0.39 is 5.60 Å². The lowest BCUT2D eigenvalue weighted by atomic mass is 9.88. The van der Waals surface area contributed by atoms with Gasteiger partial charge in [0.05, 0.1) is 0 Å². The minimum Gasteiger partial charge on any atom is -0.456 e. The van der Waals surface area contributed by atoms with Gasteiger partial charge in [0.25, 0.3) is 0 Å². The highest BCUT2D eigenvalue weighted by atomic mass is 16.6. The Bertz CT molecular complexity index is 767. The van der Waals surface area contributed by atoms with E-state index in [2.05, 4.69) is 37.6 Å². The Hall–Kier alpha value is -2.11. The highest BCUT2D eigenvalue weighted by Crippen LogP contribution is 2.28. The van der Waals surface area contributed by atoms with Crippen LogP contribution in [0, 0.1) is 23.7 Å². The van der Waals surface area contributed by atoms with Crippen molar-refractivity contribution in [2.75, 3.05) is 31.6 Å². The average molecular weight is 460 g/mol. The van der Waals surface area contributed by atoms with Crippen LogP contribution in [0.25, 0.3) is 0 Å². The lowest BCUT2D eigenvalue weighted by Gasteiger charge is -2.36. The van der Waals surface area contributed by atoms with E-state index in [4.69, 9.17) is 4.74 Å². The summed E-state index contributed by atoms with van der Waals surface area (Å²) in [5.74, 6) is 2.26. The summed E-state index contributed by atoms with van der Waals surface area (Å²) in [4.78, 5) is 34.5. The van der Waals surface area contributed by atoms with Gasteiger partial charge in [0.2, 0.25) is 5.91 Å². The highest BCUT2D eigenvalue weighted by Gasteiger charge is 2.29. The first kappa shape index (κ1) is 27.1. The monoisotopic (exact) mass is 459 g/mol. The number of nitrogens with zero attached hydrogens (tertiary/aromatic N) is 3. The van der Waals surface area contributed by atoms with Crippen LogP contribution in [-0.2, 0) is 9.53 Å². The number of piperidine rings is 1. The number of anilines is 1. The van der Waals surface area contributed by atoms with Crippen molar-refractivity contribution in [1.29, 1.82) is 0 Å². The smallest absolute Gasteiger partial charge is 0.342 e. The number of esters is 1. The Labute approximate surface area is 201 Å². The second-order valence-corrected chi connectivity index (χ2v) is 11.5. The van der Waals surface area contributed by atoms with Crippen molar-refractivity contribution in [3.63, 3.8) is 0 Å². The molecule has 0 N–H and O–H groups in total. The van der Waals surface area contributed by atoms with Crippen molar-refractivity contribution < 1.29 is 14.3 Å². The average Bonchev–Trinajstić information content (AvgIpc) is 2.71. The number of pyridine rings is 1. The van der Waals surface area contributed by atoms with E-state index in [1.165, 1.54) is 0 Å². The van der Waals surface area contributed by atoms with Gasteiger partial charge < -0.3 is 14.5 Å². The number of ether oxygens (including phenoxy) is 1. The zero-order valence-electron chi connectivity index (χ0n) is 22.1. The molecule has 2 rings (SSSR count). The van der Waals surface area contributed by atoms with Crippen LogP contribution in [0.2, 0.25) is 0 Å². The molecule has 1 aliphatic rings. The lowest BCUT2D eigenvalue weighted by Crippen LogP contribution is -2.42. The first-order valence-corrected chi connectivity index (χ1v) is 12.6. The van der Waals surface area contributed by atoms with E-state index in [1.807, 2.05) is 32.7 Å². The van der Waals surface area contributed by atoms with Gasteiger partial charge in [0.1, 0.15) is 17.0 Å². The van der Waals surface area contributed by atoms with Crippen LogP contribution < -0.4 is 4.90 Å². The van der Waals surface area contributed by atoms with Crippen LogP contribution >= 0.6 is 0 Å². The molecule has 33 heavy (non-hydrogen) atoms. The van der Waals surface area contributed by atoms with Crippen LogP contribution in [0.3, 0.4) is 0 Å². The normalized spacial score (nSPS) is 15.4. The Morgan fingerprint density at radius 1 is 1.12 bits per heavy atom. The van der Waals surface area contributed by atoms with E-state index in [-0.39, 0.29) is 17.8 Å². The summed E-state index contributed by atoms with van der Waals surface area (Å²) in [5.41, 5.74) is -0.0273. The van der Waals surface area contributed by atoms with Gasteiger partial charge in [-0.15, -0.1) is 0 Å². The molecule has 6 heteroatoms. The minimum absolute atomic E-state index is 0.111. The first-order chi connectivity index (χ1) is 15.4. The van der Waals surface area contributed by atoms with Gasteiger partial charge >= 0.3 is 5.97 Å². The Morgan fingerprint density at radius 2 is 1.70 bits per heavy atom. The van der Waals surface area contributed by atoms with Gasteiger partial charge in [-0.3, -0.25) is 4.79 Å². The standard InChI is InChI=1S/C27H45N3O3/c1-19(2)16-22(17-20(3)4)25(31)29(8)18-21-11-14-30(15-12-21)24-23(10-9-13-28-24)26(32)33-27(5,6)7/h9-10,13,19-22H,11-12,14-18H2,1-8H3. The van der Waals surface area contributed by atoms with E-state index in [1.54, 1.807) is 18.3 Å². The van der Waals surface area contributed by atoms with Crippen LogP contribution in [0.15, 0.2) is 18.3 Å². The summed E-state index contributed by atoms with van der Waals surface area (Å²) in [6, 6.07) is 3.57. The zero-order chi connectivity index (χ0) is 24.8. The second-order valence-electron chi connectivity index (χ2n) is 11.5. The van der Waals surface area contributed by atoms with Crippen molar-refractivity contribution in [2.24, 2.45) is 23.7 Å². The third kappa shape index (κ3) is 8.63. The van der Waals surface area contributed by atoms with E-state index in [9.17, 15) is 9.59 Å². The molecule has 1 fully saturated rings. The molecular formula is C27H45N3O3. The Morgan fingerprint density at radius 3 is 2.21 bits per heavy atom. The summed E-state index contributed by atoms with van der Waals surface area (Å²) in [6.45, 7) is 16.8. The van der Waals surface area contributed by atoms with Gasteiger partial charge in [0, 0.05) is 38.8 Å². The summed E-state index contributed by atoms with van der Waals surface area (Å²) < 4.78 is 5.58. The summed E-state index contributed by atoms with van der Waals surface area (Å²) >= 11 is 0. The van der Waals surface area contributed by atoms with Crippen LogP contribution in [0.1, 0.15) is 84.5 Å². The SMILES string of the molecule is CC(C)CC(CC(C)C)C(=O)N(C)CC1CCN(c2ncccc2C(=O)OC(C)(C)C)CC1. The maximum atomic E-state index is 13.2. The van der Waals surface area contributed by atoms with E-state index in [0.29, 0.717) is 29.1 Å². The van der Waals surface area contributed by atoms with Gasteiger partial charge in [-0.2, -0.15) is 0 Å². The Kier molecular flexibility index (Phi) is 9.74. The van der Waals surface area contributed by atoms with Crippen LogP contribution in [-0.4, -0.2) is 54.0 Å². The summed E-state index contributed by atoms with van der Waals surface area (Å²) in [7, 11) is 1.96. The number of aromatic nitrogens is 1. The molecule has 1 aromatic heterocycles. The molecule has 6 nitrogen and oxygen atoms in total. The molecule has 0 aliphatic carbocycles. The summed E-state index contributed by atoms with van der Waals surface area (Å²) in [6.07, 6.45) is 5.58. The molecule has 0 unspecified atom stereocenters. The maximum Gasteiger partial charge on any atom is 0.342 e. The van der Waals surface area contributed by atoms with Gasteiger partial charge in [-0.05, 0) is 76.3 Å². The molecule has 1 aliphatic heterocycles. The molecule has 0 radical (unpaired) electrons. The second kappa shape index (κ2) is 11.8. The van der Waals surface area contributed by atoms with Crippen molar-refractivity contribution in [3.05, 3.63) is 23.9 Å². The molecule has 0 spiro atoms. The molecule has 0 saturated carbocycles. The molecule has 0 atom stereocenters. The number of hydrogen-bond acceptors (Lipinski definition) is 5. The number of rotatable bonds is 9. The summed E-state index contributed by atoms with van der Waals surface area (Å²) in [5, 5.41) is 0. The highest BCUT2D eigenvalue weighted by molar-refractivity contribution is 5.95. The number of hydrogen-bond donors (Lipinski definition) is 0. The fraction of sp³-hybridized carbons (Fsp3) is 0.741. The number of carbonyl (C=O) groups excluding carboxylic acids is 2. The van der Waals surface area contributed by atoms with Crippen molar-refractivity contribution in [2.45, 2.75) is 79.8 Å². The number of amides is 1. The number of carbonyl (C=O) groups is 2. The first-order valence-electron chi connectivity index (χ1n) is 12.6. The fourth-order valence-corrected chi connectivity index (χ4v) is 4.69. The van der Waals surface area contributed by atoms with E-state index in [0.717, 1.165) is 45.3 Å². The van der Waals surface area contributed by atoms with Crippen molar-refractivity contribution in [3.8, 4) is 0 Å². The fourth-order valence-electron chi connectivity index (χ4n) is 4.69. The van der Waals surface area contributed by atoms with Crippen molar-refractivity contribution in [1.82, 2.24) is 9.88 Å². The van der Waals surface area contributed by atoms with Gasteiger partial charge in [0.15, 0.2) is 0 Å². The molecule has 0 aromatic carbocycles. The van der Waals surface area contributed by atoms with Crippen LogP contribution in [0.4, 0.5) is 5.82 Å². The quantitative estimate of drug-likeness (QED) is 0.461. The predicted molar refractivity (Wildman–Crippen MR) is 134 cm³/mol. The third-order valence-electron chi connectivity index (χ3n) is 6.09.